The minimum atomic E-state index is -5.51. The van der Waals surface area contributed by atoms with Crippen molar-refractivity contribution >= 4 is 0 Å². The SMILES string of the molecule is Fc1cc(OC(F)(F)c2c(F)cc(OCCCCCCCCC(F)(F)CCCCCCCCOc3cc(F)c(C(F)(F)Oc4cc(F)c(C(F)(F)F)c(F)c4)c(F)c3)cc2F)cc(F)c1F. The molecule has 0 aliphatic rings. The van der Waals surface area contributed by atoms with Crippen molar-refractivity contribution in [1.82, 2.24) is 0 Å². The lowest BCUT2D eigenvalue weighted by atomic mass is 10.0. The zero-order valence-corrected chi connectivity index (χ0v) is 34.4. The summed E-state index contributed by atoms with van der Waals surface area (Å²) in [6.07, 6.45) is -10.1. The molecule has 4 nitrogen and oxygen atoms in total. The van der Waals surface area contributed by atoms with Crippen molar-refractivity contribution in [2.75, 3.05) is 13.2 Å². The minimum absolute atomic E-state index is 0.0640. The van der Waals surface area contributed by atoms with E-state index in [4.69, 9.17) is 9.47 Å². The van der Waals surface area contributed by atoms with Gasteiger partial charge in [-0.05, 0) is 25.7 Å². The normalized spacial score (nSPS) is 12.5. The van der Waals surface area contributed by atoms with Gasteiger partial charge in [0.25, 0.3) is 0 Å². The highest BCUT2D eigenvalue weighted by Crippen LogP contribution is 2.41. The lowest BCUT2D eigenvalue weighted by molar-refractivity contribution is -0.190. The van der Waals surface area contributed by atoms with Gasteiger partial charge in [0, 0.05) is 61.4 Å². The Bertz CT molecular complexity index is 2140. The van der Waals surface area contributed by atoms with Crippen molar-refractivity contribution in [2.45, 2.75) is 114 Å². The molecule has 22 heteroatoms. The van der Waals surface area contributed by atoms with Gasteiger partial charge in [-0.15, -0.1) is 0 Å². The van der Waals surface area contributed by atoms with Crippen molar-refractivity contribution in [3.63, 3.8) is 0 Å². The number of alkyl halides is 9. The molecule has 4 aromatic carbocycles. The van der Waals surface area contributed by atoms with Crippen molar-refractivity contribution in [2.24, 2.45) is 0 Å². The van der Waals surface area contributed by atoms with Crippen LogP contribution < -0.4 is 18.9 Å². The summed E-state index contributed by atoms with van der Waals surface area (Å²) in [6, 6.07) is 1.40. The van der Waals surface area contributed by atoms with Crippen LogP contribution in [0.15, 0.2) is 48.5 Å². The third-order valence-corrected chi connectivity index (χ3v) is 9.77. The highest BCUT2D eigenvalue weighted by Gasteiger charge is 2.44. The molecule has 4 rings (SSSR count). The van der Waals surface area contributed by atoms with Gasteiger partial charge in [-0.2, -0.15) is 30.7 Å². The Labute approximate surface area is 365 Å². The van der Waals surface area contributed by atoms with Gasteiger partial charge in [-0.1, -0.05) is 51.4 Å². The van der Waals surface area contributed by atoms with E-state index in [2.05, 4.69) is 9.47 Å². The number of hydrogen-bond acceptors (Lipinski definition) is 4. The summed E-state index contributed by atoms with van der Waals surface area (Å²) in [4.78, 5) is 0. The molecule has 0 spiro atoms. The fourth-order valence-electron chi connectivity index (χ4n) is 6.58. The number of benzene rings is 4. The third-order valence-electron chi connectivity index (χ3n) is 9.77. The molecular weight excluding hydrogens is 934 g/mol. The van der Waals surface area contributed by atoms with Crippen LogP contribution in [0.3, 0.4) is 0 Å². The molecule has 0 fully saturated rings. The molecule has 0 radical (unpaired) electrons. The Balaban J connectivity index is 1.04. The highest BCUT2D eigenvalue weighted by molar-refractivity contribution is 5.36. The fraction of sp³-hybridized carbons (Fsp3) is 0.455. The number of halogens is 18. The van der Waals surface area contributed by atoms with Crippen LogP contribution in [-0.2, 0) is 18.4 Å². The number of ether oxygens (including phenoxy) is 4. The predicted molar refractivity (Wildman–Crippen MR) is 200 cm³/mol. The Kier molecular flexibility index (Phi) is 18.6. The molecule has 0 N–H and O–H groups in total. The fourth-order valence-corrected chi connectivity index (χ4v) is 6.58. The van der Waals surface area contributed by atoms with E-state index >= 15 is 0 Å². The highest BCUT2D eigenvalue weighted by atomic mass is 19.4. The monoisotopic (exact) mass is 974 g/mol. The van der Waals surface area contributed by atoms with Gasteiger partial charge in [0.2, 0.25) is 5.92 Å². The van der Waals surface area contributed by atoms with Gasteiger partial charge in [0.15, 0.2) is 17.5 Å². The maximum absolute atomic E-state index is 14.6. The van der Waals surface area contributed by atoms with E-state index in [9.17, 15) is 79.0 Å². The topological polar surface area (TPSA) is 36.9 Å². The van der Waals surface area contributed by atoms with Gasteiger partial charge in [0.05, 0.1) is 13.2 Å². The molecule has 0 atom stereocenters. The second-order valence-corrected chi connectivity index (χ2v) is 15.0. The molecule has 0 heterocycles. The first-order valence-corrected chi connectivity index (χ1v) is 20.3. The zero-order chi connectivity index (χ0) is 49.0. The summed E-state index contributed by atoms with van der Waals surface area (Å²) in [5.74, 6) is -24.2. The average Bonchev–Trinajstić information content (AvgIpc) is 3.16. The largest absolute Gasteiger partial charge is 0.493 e. The second kappa shape index (κ2) is 23.0. The molecular formula is C44H40F18O4. The molecule has 0 aliphatic carbocycles. The molecule has 0 amide bonds. The number of hydrogen-bond donors (Lipinski definition) is 0. The average molecular weight is 975 g/mol. The molecule has 4 aromatic rings. The van der Waals surface area contributed by atoms with E-state index in [1.165, 1.54) is 0 Å². The summed E-state index contributed by atoms with van der Waals surface area (Å²) in [5, 5.41) is 0. The van der Waals surface area contributed by atoms with E-state index in [1.54, 1.807) is 0 Å². The van der Waals surface area contributed by atoms with Gasteiger partial charge in [-0.25, -0.2) is 48.3 Å². The Morgan fingerprint density at radius 2 is 0.591 bits per heavy atom. The Morgan fingerprint density at radius 3 is 0.924 bits per heavy atom. The molecule has 0 aliphatic heterocycles. The number of unbranched alkanes of at least 4 members (excludes halogenated alkanes) is 10. The van der Waals surface area contributed by atoms with Gasteiger partial charge in [-0.3, -0.25) is 0 Å². The minimum Gasteiger partial charge on any atom is -0.493 e. The third kappa shape index (κ3) is 15.4. The molecule has 366 valence electrons. The molecule has 0 unspecified atom stereocenters. The first-order chi connectivity index (χ1) is 30.8. The number of rotatable bonds is 26. The van der Waals surface area contributed by atoms with Crippen LogP contribution in [0.2, 0.25) is 0 Å². The van der Waals surface area contributed by atoms with E-state index in [0.29, 0.717) is 88.5 Å². The predicted octanol–water partition coefficient (Wildman–Crippen LogP) is 15.8. The van der Waals surface area contributed by atoms with Crippen LogP contribution in [0.1, 0.15) is 107 Å². The smallest absolute Gasteiger partial charge is 0.432 e. The summed E-state index contributed by atoms with van der Waals surface area (Å²) in [6.45, 7) is -0.174. The maximum atomic E-state index is 14.6. The first kappa shape index (κ1) is 53.4. The van der Waals surface area contributed by atoms with E-state index in [-0.39, 0.29) is 63.2 Å². The summed E-state index contributed by atoms with van der Waals surface area (Å²) >= 11 is 0. The van der Waals surface area contributed by atoms with Gasteiger partial charge >= 0.3 is 18.4 Å². The summed E-state index contributed by atoms with van der Waals surface area (Å²) in [7, 11) is 0. The van der Waals surface area contributed by atoms with E-state index in [0.717, 1.165) is 0 Å². The van der Waals surface area contributed by atoms with Crippen LogP contribution in [0.5, 0.6) is 23.0 Å². The molecule has 66 heavy (non-hydrogen) atoms. The molecule has 0 saturated heterocycles. The van der Waals surface area contributed by atoms with Crippen LogP contribution in [0.4, 0.5) is 79.0 Å². The van der Waals surface area contributed by atoms with Crippen LogP contribution in [0, 0.1) is 52.4 Å². The molecule has 0 bridgehead atoms. The Morgan fingerprint density at radius 1 is 0.318 bits per heavy atom. The zero-order valence-electron chi connectivity index (χ0n) is 34.4. The Hall–Kier alpha value is -5.18. The molecule has 0 saturated carbocycles. The molecule has 0 aromatic heterocycles. The summed E-state index contributed by atoms with van der Waals surface area (Å²) < 4.78 is 269. The first-order valence-electron chi connectivity index (χ1n) is 20.3. The van der Waals surface area contributed by atoms with Crippen LogP contribution in [0.25, 0.3) is 0 Å². The van der Waals surface area contributed by atoms with Gasteiger partial charge in [0.1, 0.15) is 74.6 Å². The van der Waals surface area contributed by atoms with Crippen molar-refractivity contribution < 1.29 is 98.0 Å². The van der Waals surface area contributed by atoms with Crippen LogP contribution in [-0.4, -0.2) is 19.1 Å². The summed E-state index contributed by atoms with van der Waals surface area (Å²) in [5.41, 5.74) is -6.25. The van der Waals surface area contributed by atoms with Gasteiger partial charge < -0.3 is 18.9 Å². The maximum Gasteiger partial charge on any atom is 0.432 e. The van der Waals surface area contributed by atoms with E-state index < -0.39 is 116 Å². The lowest BCUT2D eigenvalue weighted by Gasteiger charge is -2.20. The van der Waals surface area contributed by atoms with Crippen LogP contribution >= 0.6 is 0 Å². The lowest BCUT2D eigenvalue weighted by Crippen LogP contribution is -2.25. The van der Waals surface area contributed by atoms with Crippen molar-refractivity contribution in [3.8, 4) is 23.0 Å². The van der Waals surface area contributed by atoms with E-state index in [1.807, 2.05) is 0 Å². The second-order valence-electron chi connectivity index (χ2n) is 15.0. The van der Waals surface area contributed by atoms with Crippen molar-refractivity contribution in [1.29, 1.82) is 0 Å². The quantitative estimate of drug-likeness (QED) is 0.0357. The standard InChI is InChI=1S/C44H40F18O4/c45-29-21-27(22-30(46)37(29)42(56,57)58)65-43(59,60)38-31(47)17-25(18-32(38)48)63-15-11-7-3-1-5-9-13-41(54,55)14-10-6-2-4-8-12-16-64-26-19-33(49)39(34(50)20-26)44(61,62)66-28-23-35(51)40(53)36(52)24-28/h17-24H,1-16H2. The van der Waals surface area contributed by atoms with Crippen molar-refractivity contribution in [3.05, 3.63) is 118 Å².